The van der Waals surface area contributed by atoms with Crippen molar-refractivity contribution in [2.75, 3.05) is 11.1 Å². The summed E-state index contributed by atoms with van der Waals surface area (Å²) in [6, 6.07) is 15.4. The summed E-state index contributed by atoms with van der Waals surface area (Å²) in [5, 5.41) is 8.54. The quantitative estimate of drug-likeness (QED) is 0.564. The van der Waals surface area contributed by atoms with Crippen LogP contribution >= 0.6 is 11.6 Å². The number of nitrogens with one attached hydrogen (secondary N) is 2. The standard InChI is InChI=1S/C22H23ClN4O/c23-15-4-9-19-20(10-11-25-21(19)13-15)26-17-5-7-18(8-6-17)27-22(28)14-2-1-3-16(24)12-14/h1-4,9-13,17-18H,5-8,24H2,(H,25,26)(H,27,28). The molecule has 6 heteroatoms. The summed E-state index contributed by atoms with van der Waals surface area (Å²) in [6.07, 6.45) is 5.69. The largest absolute Gasteiger partial charge is 0.399 e. The lowest BCUT2D eigenvalue weighted by Crippen LogP contribution is -2.40. The van der Waals surface area contributed by atoms with E-state index in [1.54, 1.807) is 30.5 Å². The number of nitrogen functional groups attached to an aromatic ring is 1. The van der Waals surface area contributed by atoms with E-state index in [9.17, 15) is 4.79 Å². The Hall–Kier alpha value is -2.79. The highest BCUT2D eigenvalue weighted by molar-refractivity contribution is 6.31. The zero-order chi connectivity index (χ0) is 19.5. The molecule has 0 atom stereocenters. The molecule has 0 aliphatic heterocycles. The van der Waals surface area contributed by atoms with Gasteiger partial charge in [0.2, 0.25) is 0 Å². The molecular weight excluding hydrogens is 372 g/mol. The fourth-order valence-electron chi connectivity index (χ4n) is 3.80. The molecule has 144 valence electrons. The molecule has 0 spiro atoms. The number of anilines is 2. The van der Waals surface area contributed by atoms with Gasteiger partial charge in [-0.05, 0) is 68.1 Å². The highest BCUT2D eigenvalue weighted by Gasteiger charge is 2.23. The maximum absolute atomic E-state index is 12.4. The number of hydrogen-bond acceptors (Lipinski definition) is 4. The van der Waals surface area contributed by atoms with Crippen LogP contribution in [0.25, 0.3) is 10.9 Å². The highest BCUT2D eigenvalue weighted by Crippen LogP contribution is 2.28. The van der Waals surface area contributed by atoms with Gasteiger partial charge in [-0.2, -0.15) is 0 Å². The molecule has 1 heterocycles. The third kappa shape index (κ3) is 4.20. The van der Waals surface area contributed by atoms with Gasteiger partial charge in [0.05, 0.1) is 5.52 Å². The van der Waals surface area contributed by atoms with Crippen LogP contribution in [0.5, 0.6) is 0 Å². The van der Waals surface area contributed by atoms with E-state index < -0.39 is 0 Å². The number of carbonyl (C=O) groups is 1. The van der Waals surface area contributed by atoms with Gasteiger partial charge in [-0.3, -0.25) is 9.78 Å². The van der Waals surface area contributed by atoms with Gasteiger partial charge in [0, 0.05) is 45.6 Å². The summed E-state index contributed by atoms with van der Waals surface area (Å²) in [5.74, 6) is -0.0549. The minimum absolute atomic E-state index is 0.0549. The Morgan fingerprint density at radius 3 is 2.61 bits per heavy atom. The Morgan fingerprint density at radius 1 is 1.04 bits per heavy atom. The fraction of sp³-hybridized carbons (Fsp3) is 0.273. The molecule has 0 radical (unpaired) electrons. The average Bonchev–Trinajstić information content (AvgIpc) is 2.69. The van der Waals surface area contributed by atoms with Gasteiger partial charge < -0.3 is 16.4 Å². The molecule has 28 heavy (non-hydrogen) atoms. The van der Waals surface area contributed by atoms with Crippen LogP contribution in [0.2, 0.25) is 5.02 Å². The maximum Gasteiger partial charge on any atom is 0.251 e. The number of halogens is 1. The summed E-state index contributed by atoms with van der Waals surface area (Å²) >= 11 is 6.07. The van der Waals surface area contributed by atoms with Crippen LogP contribution in [0.15, 0.2) is 54.7 Å². The monoisotopic (exact) mass is 394 g/mol. The van der Waals surface area contributed by atoms with E-state index in [1.165, 1.54) is 0 Å². The average molecular weight is 395 g/mol. The summed E-state index contributed by atoms with van der Waals surface area (Å²) < 4.78 is 0. The van der Waals surface area contributed by atoms with Crippen molar-refractivity contribution in [3.05, 3.63) is 65.3 Å². The topological polar surface area (TPSA) is 80.0 Å². The molecule has 2 aromatic carbocycles. The van der Waals surface area contributed by atoms with Crippen LogP contribution in [-0.2, 0) is 0 Å². The number of pyridine rings is 1. The Morgan fingerprint density at radius 2 is 1.82 bits per heavy atom. The number of aromatic nitrogens is 1. The van der Waals surface area contributed by atoms with Crippen LogP contribution in [0.3, 0.4) is 0 Å². The first-order valence-electron chi connectivity index (χ1n) is 9.56. The number of amides is 1. The van der Waals surface area contributed by atoms with Crippen LogP contribution in [-0.4, -0.2) is 23.0 Å². The van der Waals surface area contributed by atoms with Gasteiger partial charge in [0.1, 0.15) is 0 Å². The van der Waals surface area contributed by atoms with Crippen molar-refractivity contribution in [3.8, 4) is 0 Å². The second kappa shape index (κ2) is 8.07. The number of carbonyl (C=O) groups excluding carboxylic acids is 1. The molecule has 1 aliphatic rings. The van der Waals surface area contributed by atoms with E-state index in [1.807, 2.05) is 24.3 Å². The summed E-state index contributed by atoms with van der Waals surface area (Å²) in [6.45, 7) is 0. The first-order valence-corrected chi connectivity index (χ1v) is 9.93. The lowest BCUT2D eigenvalue weighted by Gasteiger charge is -2.30. The fourth-order valence-corrected chi connectivity index (χ4v) is 3.96. The van der Waals surface area contributed by atoms with Gasteiger partial charge in [-0.15, -0.1) is 0 Å². The molecule has 1 fully saturated rings. The van der Waals surface area contributed by atoms with E-state index >= 15 is 0 Å². The zero-order valence-corrected chi connectivity index (χ0v) is 16.2. The molecule has 4 rings (SSSR count). The number of nitrogens with zero attached hydrogens (tertiary/aromatic N) is 1. The van der Waals surface area contributed by atoms with Crippen LogP contribution in [0.1, 0.15) is 36.0 Å². The van der Waals surface area contributed by atoms with Crippen molar-refractivity contribution >= 4 is 39.8 Å². The second-order valence-electron chi connectivity index (χ2n) is 7.31. The van der Waals surface area contributed by atoms with Crippen molar-refractivity contribution in [3.63, 3.8) is 0 Å². The molecular formula is C22H23ClN4O. The lowest BCUT2D eigenvalue weighted by molar-refractivity contribution is 0.0926. The van der Waals surface area contributed by atoms with Crippen LogP contribution in [0.4, 0.5) is 11.4 Å². The minimum atomic E-state index is -0.0549. The van der Waals surface area contributed by atoms with Gasteiger partial charge in [-0.1, -0.05) is 17.7 Å². The minimum Gasteiger partial charge on any atom is -0.399 e. The molecule has 5 nitrogen and oxygen atoms in total. The smallest absolute Gasteiger partial charge is 0.251 e. The summed E-state index contributed by atoms with van der Waals surface area (Å²) in [5.41, 5.74) is 8.95. The molecule has 1 aliphatic carbocycles. The Labute approximate surface area is 169 Å². The Kier molecular flexibility index (Phi) is 5.35. The number of benzene rings is 2. The highest BCUT2D eigenvalue weighted by atomic mass is 35.5. The molecule has 0 bridgehead atoms. The Balaban J connectivity index is 1.35. The van der Waals surface area contributed by atoms with Crippen molar-refractivity contribution < 1.29 is 4.79 Å². The van der Waals surface area contributed by atoms with Crippen molar-refractivity contribution in [2.45, 2.75) is 37.8 Å². The molecule has 0 saturated heterocycles. The van der Waals surface area contributed by atoms with E-state index in [0.717, 1.165) is 42.3 Å². The van der Waals surface area contributed by atoms with Crippen molar-refractivity contribution in [2.24, 2.45) is 0 Å². The van der Waals surface area contributed by atoms with E-state index in [2.05, 4.69) is 15.6 Å². The van der Waals surface area contributed by atoms with Gasteiger partial charge in [0.15, 0.2) is 0 Å². The molecule has 4 N–H and O–H groups in total. The predicted molar refractivity (Wildman–Crippen MR) is 115 cm³/mol. The number of hydrogen-bond donors (Lipinski definition) is 3. The molecule has 1 aromatic heterocycles. The molecule has 3 aromatic rings. The molecule has 0 unspecified atom stereocenters. The first kappa shape index (κ1) is 18.6. The summed E-state index contributed by atoms with van der Waals surface area (Å²) in [4.78, 5) is 16.8. The predicted octanol–water partition coefficient (Wildman–Crippen LogP) is 4.62. The van der Waals surface area contributed by atoms with Crippen LogP contribution < -0.4 is 16.4 Å². The maximum atomic E-state index is 12.4. The van der Waals surface area contributed by atoms with Crippen LogP contribution in [0, 0.1) is 0 Å². The van der Waals surface area contributed by atoms with E-state index in [0.29, 0.717) is 22.3 Å². The van der Waals surface area contributed by atoms with Gasteiger partial charge in [-0.25, -0.2) is 0 Å². The summed E-state index contributed by atoms with van der Waals surface area (Å²) in [7, 11) is 0. The third-order valence-corrected chi connectivity index (χ3v) is 5.51. The SMILES string of the molecule is Nc1cccc(C(=O)NC2CCC(Nc3ccnc4cc(Cl)ccc34)CC2)c1. The number of rotatable bonds is 4. The van der Waals surface area contributed by atoms with Gasteiger partial charge >= 0.3 is 0 Å². The lowest BCUT2D eigenvalue weighted by atomic mass is 9.90. The third-order valence-electron chi connectivity index (χ3n) is 5.28. The number of fused-ring (bicyclic) bond motifs is 1. The van der Waals surface area contributed by atoms with Crippen molar-refractivity contribution in [1.82, 2.24) is 10.3 Å². The Bertz CT molecular complexity index is 999. The second-order valence-corrected chi connectivity index (χ2v) is 7.75. The zero-order valence-electron chi connectivity index (χ0n) is 15.5. The molecule has 1 saturated carbocycles. The van der Waals surface area contributed by atoms with E-state index in [4.69, 9.17) is 17.3 Å². The first-order chi connectivity index (χ1) is 13.6. The normalized spacial score (nSPS) is 19.3. The van der Waals surface area contributed by atoms with Crippen molar-refractivity contribution in [1.29, 1.82) is 0 Å². The number of nitrogens with two attached hydrogens (primary N) is 1. The van der Waals surface area contributed by atoms with Gasteiger partial charge in [0.25, 0.3) is 5.91 Å². The molecule has 1 amide bonds. The van der Waals surface area contributed by atoms with E-state index in [-0.39, 0.29) is 11.9 Å².